The van der Waals surface area contributed by atoms with Crippen LogP contribution < -0.4 is 4.74 Å². The molecule has 1 aromatic heterocycles. The highest BCUT2D eigenvalue weighted by Crippen LogP contribution is 2.39. The van der Waals surface area contributed by atoms with Crippen LogP contribution in [0.1, 0.15) is 55.4 Å². The molecule has 4 rings (SSSR count). The van der Waals surface area contributed by atoms with Gasteiger partial charge in [-0.15, -0.1) is 0 Å². The number of aromatic nitrogens is 2. The summed E-state index contributed by atoms with van der Waals surface area (Å²) in [5, 5.41) is 16.6. The molecule has 0 aliphatic carbocycles. The maximum Gasteiger partial charge on any atom is 0.335 e. The first-order valence-corrected chi connectivity index (χ1v) is 11.8. The Morgan fingerprint density at radius 3 is 2.60 bits per heavy atom. The van der Waals surface area contributed by atoms with Crippen molar-refractivity contribution in [3.05, 3.63) is 108 Å². The highest BCUT2D eigenvalue weighted by Gasteiger charge is 2.19. The molecule has 0 saturated heterocycles. The Hall–Kier alpha value is -4.25. The summed E-state index contributed by atoms with van der Waals surface area (Å²) < 4.78 is 5.65. The Kier molecular flexibility index (Phi) is 7.36. The fourth-order valence-corrected chi connectivity index (χ4v) is 4.32. The third-order valence-corrected chi connectivity index (χ3v) is 5.98. The number of allylic oxidation sites excluding steroid dienone is 1. The van der Waals surface area contributed by atoms with Crippen molar-refractivity contribution in [3.8, 4) is 5.75 Å². The van der Waals surface area contributed by atoms with E-state index >= 15 is 0 Å². The molecule has 176 valence electrons. The smallest absolute Gasteiger partial charge is 0.335 e. The first-order chi connectivity index (χ1) is 17.0. The van der Waals surface area contributed by atoms with E-state index in [9.17, 15) is 4.79 Å². The summed E-state index contributed by atoms with van der Waals surface area (Å²) in [5.41, 5.74) is 7.43. The maximum absolute atomic E-state index is 12.1. The minimum atomic E-state index is -0.504. The number of hydrogen-bond donors (Lipinski definition) is 2. The number of carbonyl (C=O) groups excluding carboxylic acids is 1. The van der Waals surface area contributed by atoms with Gasteiger partial charge in [-0.1, -0.05) is 69.3 Å². The minimum absolute atomic E-state index is 0.473. The lowest BCUT2D eigenvalue weighted by molar-refractivity contribution is -0.128. The Morgan fingerprint density at radius 1 is 1.03 bits per heavy atom. The van der Waals surface area contributed by atoms with Gasteiger partial charge in [0.2, 0.25) is 0 Å². The second-order valence-electron chi connectivity index (χ2n) is 8.31. The summed E-state index contributed by atoms with van der Waals surface area (Å²) >= 11 is 0. The number of hydrogen-bond acceptors (Lipinski definition) is 4. The van der Waals surface area contributed by atoms with Crippen LogP contribution in [0.2, 0.25) is 0 Å². The summed E-state index contributed by atoms with van der Waals surface area (Å²) in [4.78, 5) is 12.1. The van der Waals surface area contributed by atoms with Gasteiger partial charge in [0.25, 0.3) is 0 Å². The van der Waals surface area contributed by atoms with Gasteiger partial charge in [-0.25, -0.2) is 4.79 Å². The summed E-state index contributed by atoms with van der Waals surface area (Å²) in [5.74, 6) is -0.0318. The molecule has 1 heterocycles. The monoisotopic (exact) mass is 463 g/mol. The van der Waals surface area contributed by atoms with E-state index in [4.69, 9.17) is 10.1 Å². The molecule has 0 atom stereocenters. The number of fused-ring (bicyclic) bond motifs is 1. The van der Waals surface area contributed by atoms with Crippen LogP contribution in [-0.4, -0.2) is 21.9 Å². The molecule has 4 aromatic rings. The zero-order chi connectivity index (χ0) is 24.8. The number of ether oxygens (including phenoxy) is 1. The third kappa shape index (κ3) is 5.14. The van der Waals surface area contributed by atoms with E-state index in [2.05, 4.69) is 54.9 Å². The van der Waals surface area contributed by atoms with Gasteiger partial charge in [-0.3, -0.25) is 5.10 Å². The molecule has 5 heteroatoms. The first kappa shape index (κ1) is 23.9. The van der Waals surface area contributed by atoms with E-state index in [0.29, 0.717) is 11.5 Å². The van der Waals surface area contributed by atoms with Crippen molar-refractivity contribution in [2.45, 2.75) is 33.1 Å². The summed E-state index contributed by atoms with van der Waals surface area (Å²) in [6.07, 6.45) is 5.38. The number of esters is 1. The second-order valence-corrected chi connectivity index (χ2v) is 8.31. The largest absolute Gasteiger partial charge is 0.423 e. The van der Waals surface area contributed by atoms with Crippen LogP contribution in [0.5, 0.6) is 5.75 Å². The van der Waals surface area contributed by atoms with E-state index in [1.54, 1.807) is 12.3 Å². The van der Waals surface area contributed by atoms with Crippen LogP contribution in [0, 0.1) is 5.41 Å². The van der Waals surface area contributed by atoms with Crippen molar-refractivity contribution in [1.82, 2.24) is 10.2 Å². The van der Waals surface area contributed by atoms with Gasteiger partial charge in [0.1, 0.15) is 5.75 Å². The standard InChI is InChI=1S/C30H29N3O2/c1-4-10-26(31)21-12-9-11-20(17-21)24(5-2)30(22-15-16-27-23(18-22)19-32-33-27)25-13-7-8-14-28(25)35-29(34)6-3/h6-9,11-19,31H,3-5,10H2,1-2H3,(H,32,33)/b30-24+,31-26?. The van der Waals surface area contributed by atoms with Gasteiger partial charge in [0.15, 0.2) is 0 Å². The predicted octanol–water partition coefficient (Wildman–Crippen LogP) is 7.19. The molecular weight excluding hydrogens is 434 g/mol. The molecule has 5 nitrogen and oxygen atoms in total. The van der Waals surface area contributed by atoms with Gasteiger partial charge >= 0.3 is 5.97 Å². The lowest BCUT2D eigenvalue weighted by atomic mass is 9.86. The summed E-state index contributed by atoms with van der Waals surface area (Å²) in [6, 6.07) is 21.9. The minimum Gasteiger partial charge on any atom is -0.423 e. The Labute approximate surface area is 205 Å². The van der Waals surface area contributed by atoms with Gasteiger partial charge in [-0.2, -0.15) is 5.10 Å². The van der Waals surface area contributed by atoms with Crippen molar-refractivity contribution in [2.24, 2.45) is 0 Å². The summed E-state index contributed by atoms with van der Waals surface area (Å²) in [6.45, 7) is 7.74. The molecule has 0 saturated carbocycles. The molecule has 35 heavy (non-hydrogen) atoms. The van der Waals surface area contributed by atoms with Gasteiger partial charge < -0.3 is 10.1 Å². The van der Waals surface area contributed by atoms with Crippen LogP contribution in [-0.2, 0) is 4.79 Å². The third-order valence-electron chi connectivity index (χ3n) is 5.98. The average Bonchev–Trinajstić information content (AvgIpc) is 3.36. The normalized spacial score (nSPS) is 11.7. The summed E-state index contributed by atoms with van der Waals surface area (Å²) in [7, 11) is 0. The average molecular weight is 464 g/mol. The van der Waals surface area contributed by atoms with Crippen LogP contribution in [0.4, 0.5) is 0 Å². The van der Waals surface area contributed by atoms with Crippen LogP contribution in [0.3, 0.4) is 0 Å². The number of benzene rings is 3. The molecule has 0 fully saturated rings. The Balaban J connectivity index is 1.99. The van der Waals surface area contributed by atoms with E-state index in [1.165, 1.54) is 6.08 Å². The number of nitrogens with one attached hydrogen (secondary N) is 2. The molecule has 0 aliphatic rings. The van der Waals surface area contributed by atoms with Crippen LogP contribution in [0.15, 0.2) is 85.6 Å². The number of para-hydroxylation sites is 1. The first-order valence-electron chi connectivity index (χ1n) is 11.8. The topological polar surface area (TPSA) is 78.8 Å². The van der Waals surface area contributed by atoms with E-state index in [-0.39, 0.29) is 0 Å². The molecule has 0 unspecified atom stereocenters. The molecule has 0 aliphatic heterocycles. The molecule has 0 spiro atoms. The maximum atomic E-state index is 12.1. The zero-order valence-corrected chi connectivity index (χ0v) is 20.1. The molecule has 0 radical (unpaired) electrons. The number of rotatable bonds is 9. The van der Waals surface area contributed by atoms with Crippen LogP contribution in [0.25, 0.3) is 22.0 Å². The van der Waals surface area contributed by atoms with E-state index in [0.717, 1.165) is 63.6 Å². The van der Waals surface area contributed by atoms with Gasteiger partial charge in [-0.05, 0) is 64.9 Å². The highest BCUT2D eigenvalue weighted by molar-refractivity contribution is 6.04. The lowest BCUT2D eigenvalue weighted by Crippen LogP contribution is -2.06. The molecule has 2 N–H and O–H groups in total. The predicted molar refractivity (Wildman–Crippen MR) is 143 cm³/mol. The lowest BCUT2D eigenvalue weighted by Gasteiger charge is -2.19. The van der Waals surface area contributed by atoms with Gasteiger partial charge in [0, 0.05) is 22.7 Å². The fourth-order valence-electron chi connectivity index (χ4n) is 4.32. The van der Waals surface area contributed by atoms with Crippen molar-refractivity contribution in [1.29, 1.82) is 5.41 Å². The molecule has 0 amide bonds. The van der Waals surface area contributed by atoms with Crippen molar-refractivity contribution < 1.29 is 9.53 Å². The van der Waals surface area contributed by atoms with E-state index < -0.39 is 5.97 Å². The zero-order valence-electron chi connectivity index (χ0n) is 20.1. The molecule has 3 aromatic carbocycles. The number of carbonyl (C=O) groups is 1. The fraction of sp³-hybridized carbons (Fsp3) is 0.167. The second kappa shape index (κ2) is 10.8. The van der Waals surface area contributed by atoms with Crippen LogP contribution >= 0.6 is 0 Å². The van der Waals surface area contributed by atoms with Crippen molar-refractivity contribution >= 4 is 33.7 Å². The molecule has 0 bridgehead atoms. The molecular formula is C30H29N3O2. The number of aromatic amines is 1. The Bertz CT molecular complexity index is 1430. The number of H-pyrrole nitrogens is 1. The van der Waals surface area contributed by atoms with E-state index in [1.807, 2.05) is 36.4 Å². The van der Waals surface area contributed by atoms with Crippen molar-refractivity contribution in [2.75, 3.05) is 0 Å². The SMILES string of the molecule is C=CC(=O)Oc1ccccc1/C(=C(\CC)c1cccc(C(=N)CCC)c1)c1ccc2[nH]ncc2c1. The Morgan fingerprint density at radius 2 is 1.83 bits per heavy atom. The van der Waals surface area contributed by atoms with Crippen molar-refractivity contribution in [3.63, 3.8) is 0 Å². The quantitative estimate of drug-likeness (QED) is 0.0906. The van der Waals surface area contributed by atoms with Gasteiger partial charge in [0.05, 0.1) is 11.7 Å². The number of nitrogens with zero attached hydrogens (tertiary/aromatic N) is 1. The highest BCUT2D eigenvalue weighted by atomic mass is 16.5.